The SMILES string of the molecule is CCC(C)(CC)c1cccc(N2[CH-]N(c3[c-]c(Oc4[c-]c5c(cc4)c4cc(C(C)(C)C)ccc4n5-c4cc(C(C)(C)C)ccn4)ccc3)c3ccccc32)c1.[Pt]. The second-order valence-electron chi connectivity index (χ2n) is 17.2. The Morgan fingerprint density at radius 3 is 2.02 bits per heavy atom. The standard InChI is InChI=1S/C50H51N4O.Pt/c1-10-50(9,11-2)36-16-14-17-37(28-36)52-33-53(45-21-13-12-20-44(45)52)38-18-15-19-39(31-38)55-40-23-24-41-42-29-34(48(3,4)5)22-25-43(42)54(46(41)32-40)47-30-35(26-27-51-47)49(6,7)8;/h12-30,33H,10-11H2,1-9H3;/q-3;. The number of hydrogen-bond acceptors (Lipinski definition) is 4. The zero-order valence-electron chi connectivity index (χ0n) is 34.0. The van der Waals surface area contributed by atoms with Crippen LogP contribution in [0.1, 0.15) is 91.8 Å². The number of fused-ring (bicyclic) bond motifs is 4. The Balaban J connectivity index is 0.00000480. The number of para-hydroxylation sites is 2. The molecule has 6 heteroatoms. The van der Waals surface area contributed by atoms with Crippen LogP contribution >= 0.6 is 0 Å². The van der Waals surface area contributed by atoms with Crippen LogP contribution in [0.4, 0.5) is 22.7 Å². The Morgan fingerprint density at radius 1 is 0.625 bits per heavy atom. The van der Waals surface area contributed by atoms with Crippen LogP contribution in [0.5, 0.6) is 11.5 Å². The maximum Gasteiger partial charge on any atom is 0.135 e. The van der Waals surface area contributed by atoms with E-state index >= 15 is 0 Å². The van der Waals surface area contributed by atoms with Gasteiger partial charge in [-0.3, -0.25) is 0 Å². The fraction of sp³-hybridized carbons (Fsp3) is 0.280. The summed E-state index contributed by atoms with van der Waals surface area (Å²) in [4.78, 5) is 9.36. The molecule has 0 N–H and O–H groups in total. The molecule has 0 fully saturated rings. The largest absolute Gasteiger partial charge is 0.509 e. The molecule has 0 atom stereocenters. The zero-order chi connectivity index (χ0) is 38.7. The van der Waals surface area contributed by atoms with E-state index in [9.17, 15) is 0 Å². The van der Waals surface area contributed by atoms with Crippen molar-refractivity contribution in [1.82, 2.24) is 9.55 Å². The predicted octanol–water partition coefficient (Wildman–Crippen LogP) is 13.7. The number of hydrogen-bond donors (Lipinski definition) is 0. The number of aromatic nitrogens is 2. The molecule has 0 saturated heterocycles. The molecule has 1 aliphatic rings. The number of benzene rings is 5. The molecule has 3 heterocycles. The molecule has 290 valence electrons. The van der Waals surface area contributed by atoms with E-state index in [2.05, 4.69) is 186 Å². The normalized spacial score (nSPS) is 13.3. The van der Waals surface area contributed by atoms with Gasteiger partial charge in [0.05, 0.1) is 0 Å². The molecule has 0 saturated carbocycles. The van der Waals surface area contributed by atoms with Gasteiger partial charge in [-0.2, -0.15) is 12.1 Å². The van der Waals surface area contributed by atoms with Gasteiger partial charge in [0.2, 0.25) is 0 Å². The first-order valence-corrected chi connectivity index (χ1v) is 19.6. The first-order valence-electron chi connectivity index (χ1n) is 19.6. The van der Waals surface area contributed by atoms with Crippen molar-refractivity contribution in [2.45, 2.75) is 91.4 Å². The molecule has 0 unspecified atom stereocenters. The van der Waals surface area contributed by atoms with Crippen molar-refractivity contribution in [2.75, 3.05) is 9.80 Å². The Morgan fingerprint density at radius 2 is 1.30 bits per heavy atom. The van der Waals surface area contributed by atoms with E-state index in [-0.39, 0.29) is 37.3 Å². The molecule has 8 rings (SSSR count). The molecule has 0 bridgehead atoms. The third-order valence-corrected chi connectivity index (χ3v) is 11.6. The first kappa shape index (κ1) is 39.4. The maximum atomic E-state index is 6.61. The summed E-state index contributed by atoms with van der Waals surface area (Å²) in [7, 11) is 0. The second kappa shape index (κ2) is 14.9. The Kier molecular flexibility index (Phi) is 10.5. The van der Waals surface area contributed by atoms with Gasteiger partial charge in [0.1, 0.15) is 5.82 Å². The predicted molar refractivity (Wildman–Crippen MR) is 230 cm³/mol. The molecule has 5 aromatic carbocycles. The van der Waals surface area contributed by atoms with Crippen LogP contribution in [-0.2, 0) is 37.3 Å². The van der Waals surface area contributed by atoms with Gasteiger partial charge in [0, 0.05) is 61.3 Å². The van der Waals surface area contributed by atoms with Crippen LogP contribution < -0.4 is 14.5 Å². The number of pyridine rings is 1. The number of anilines is 4. The number of ether oxygens (including phenoxy) is 1. The van der Waals surface area contributed by atoms with E-state index in [1.807, 2.05) is 24.4 Å². The Labute approximate surface area is 347 Å². The van der Waals surface area contributed by atoms with E-state index in [0.29, 0.717) is 11.5 Å². The molecule has 56 heavy (non-hydrogen) atoms. The molecule has 0 amide bonds. The van der Waals surface area contributed by atoms with Crippen LogP contribution in [0.25, 0.3) is 27.6 Å². The average Bonchev–Trinajstić information content (AvgIpc) is 3.73. The van der Waals surface area contributed by atoms with Crippen molar-refractivity contribution in [3.05, 3.63) is 151 Å². The van der Waals surface area contributed by atoms with Gasteiger partial charge in [-0.15, -0.1) is 48.1 Å². The van der Waals surface area contributed by atoms with Gasteiger partial charge in [-0.1, -0.05) is 104 Å². The van der Waals surface area contributed by atoms with Crippen molar-refractivity contribution >= 4 is 44.6 Å². The summed E-state index contributed by atoms with van der Waals surface area (Å²) in [5.41, 5.74) is 10.3. The summed E-state index contributed by atoms with van der Waals surface area (Å²) in [5, 5.41) is 2.29. The summed E-state index contributed by atoms with van der Waals surface area (Å²) in [6.45, 7) is 22.6. The van der Waals surface area contributed by atoms with Crippen LogP contribution in [-0.4, -0.2) is 9.55 Å². The summed E-state index contributed by atoms with van der Waals surface area (Å²) in [5.74, 6) is 2.10. The van der Waals surface area contributed by atoms with Crippen LogP contribution in [0.2, 0.25) is 0 Å². The van der Waals surface area contributed by atoms with Crippen molar-refractivity contribution < 1.29 is 25.8 Å². The number of rotatable bonds is 8. The van der Waals surface area contributed by atoms with Crippen molar-refractivity contribution in [1.29, 1.82) is 0 Å². The quantitative estimate of drug-likeness (QED) is 0.142. The summed E-state index contributed by atoms with van der Waals surface area (Å²) < 4.78 is 8.83. The minimum Gasteiger partial charge on any atom is -0.509 e. The van der Waals surface area contributed by atoms with E-state index in [0.717, 1.165) is 57.8 Å². The summed E-state index contributed by atoms with van der Waals surface area (Å²) in [6.07, 6.45) is 4.09. The minimum atomic E-state index is -0.0193. The summed E-state index contributed by atoms with van der Waals surface area (Å²) in [6, 6.07) is 46.1. The van der Waals surface area contributed by atoms with Crippen molar-refractivity contribution in [3.8, 4) is 17.3 Å². The third kappa shape index (κ3) is 7.16. The molecular formula is C50H51N4OPt-3. The zero-order valence-corrected chi connectivity index (χ0v) is 36.2. The van der Waals surface area contributed by atoms with Gasteiger partial charge in [0.15, 0.2) is 0 Å². The minimum absolute atomic E-state index is 0. The van der Waals surface area contributed by atoms with E-state index in [4.69, 9.17) is 9.72 Å². The van der Waals surface area contributed by atoms with Gasteiger partial charge in [-0.25, -0.2) is 4.98 Å². The van der Waals surface area contributed by atoms with E-state index in [1.165, 1.54) is 22.1 Å². The molecule has 0 aliphatic carbocycles. The monoisotopic (exact) mass is 918 g/mol. The molecule has 7 aromatic rings. The Bertz CT molecular complexity index is 2530. The molecule has 1 aliphatic heterocycles. The average molecular weight is 919 g/mol. The second-order valence-corrected chi connectivity index (χ2v) is 17.2. The van der Waals surface area contributed by atoms with Crippen LogP contribution in [0.15, 0.2) is 115 Å². The topological polar surface area (TPSA) is 33.5 Å². The number of nitrogens with zero attached hydrogens (tertiary/aromatic N) is 4. The van der Waals surface area contributed by atoms with Gasteiger partial charge in [-0.05, 0) is 93.6 Å². The van der Waals surface area contributed by atoms with Crippen LogP contribution in [0.3, 0.4) is 0 Å². The molecule has 0 radical (unpaired) electrons. The maximum absolute atomic E-state index is 6.61. The van der Waals surface area contributed by atoms with Crippen molar-refractivity contribution in [2.24, 2.45) is 0 Å². The molecule has 0 spiro atoms. The molecule has 5 nitrogen and oxygen atoms in total. The smallest absolute Gasteiger partial charge is 0.135 e. The summed E-state index contributed by atoms with van der Waals surface area (Å²) >= 11 is 0. The fourth-order valence-electron chi connectivity index (χ4n) is 7.65. The molecular weight excluding hydrogens is 868 g/mol. The van der Waals surface area contributed by atoms with Gasteiger partial charge < -0.3 is 19.1 Å². The molecule has 2 aromatic heterocycles. The van der Waals surface area contributed by atoms with Gasteiger partial charge in [0.25, 0.3) is 0 Å². The van der Waals surface area contributed by atoms with Crippen molar-refractivity contribution in [3.63, 3.8) is 0 Å². The van der Waals surface area contributed by atoms with Gasteiger partial charge >= 0.3 is 0 Å². The fourth-order valence-corrected chi connectivity index (χ4v) is 7.65. The van der Waals surface area contributed by atoms with E-state index in [1.54, 1.807) is 0 Å². The van der Waals surface area contributed by atoms with E-state index < -0.39 is 0 Å². The van der Waals surface area contributed by atoms with Crippen LogP contribution in [0, 0.1) is 18.8 Å². The first-order chi connectivity index (χ1) is 26.3. The Hall–Kier alpha value is -4.86. The third-order valence-electron chi connectivity index (χ3n) is 11.6.